The molecule has 1 aliphatic heterocycles. The third kappa shape index (κ3) is 9.84. The van der Waals surface area contributed by atoms with E-state index in [0.29, 0.717) is 12.8 Å². The fraction of sp³-hybridized carbons (Fsp3) is 0.778. The molecule has 216 valence electrons. The summed E-state index contributed by atoms with van der Waals surface area (Å²) < 4.78 is 33.9. The van der Waals surface area contributed by atoms with Crippen molar-refractivity contribution in [1.82, 2.24) is 9.55 Å². The van der Waals surface area contributed by atoms with Crippen LogP contribution in [0.4, 0.5) is 10.2 Å². The van der Waals surface area contributed by atoms with Gasteiger partial charge in [0.2, 0.25) is 0 Å². The highest BCUT2D eigenvalue weighted by atomic mass is 35.5. The van der Waals surface area contributed by atoms with Crippen molar-refractivity contribution in [3.8, 4) is 0 Å². The Morgan fingerprint density at radius 1 is 1.08 bits per heavy atom. The fourth-order valence-electron chi connectivity index (χ4n) is 4.49. The number of unbranched alkanes of at least 4 members (excludes halogenated alkanes) is 8. The summed E-state index contributed by atoms with van der Waals surface area (Å²) in [5, 5.41) is 0. The van der Waals surface area contributed by atoms with E-state index in [4.69, 9.17) is 31.5 Å². The maximum Gasteiger partial charge on any atom is 0.349 e. The molecule has 0 bridgehead atoms. The SMILES string of the molecule is CCCCCCCC(=O)OC[C@@]1(CCl)O[C@@H](Cn2ccc(N)nc2=O)[C@H](F)[C@@H]1OC(=O)CCCCCCC. The Hall–Kier alpha value is -2.20. The predicted octanol–water partition coefficient (Wildman–Crippen LogP) is 4.72. The molecule has 0 radical (unpaired) electrons. The van der Waals surface area contributed by atoms with Gasteiger partial charge in [0.15, 0.2) is 17.9 Å². The lowest BCUT2D eigenvalue weighted by molar-refractivity contribution is -0.172. The van der Waals surface area contributed by atoms with Crippen molar-refractivity contribution in [2.75, 3.05) is 18.2 Å². The third-order valence-corrected chi connectivity index (χ3v) is 7.20. The van der Waals surface area contributed by atoms with Crippen molar-refractivity contribution in [2.45, 2.75) is 121 Å². The Morgan fingerprint density at radius 3 is 2.26 bits per heavy atom. The molecule has 0 amide bonds. The number of nitrogens with zero attached hydrogens (tertiary/aromatic N) is 2. The summed E-state index contributed by atoms with van der Waals surface area (Å²) >= 11 is 6.26. The lowest BCUT2D eigenvalue weighted by atomic mass is 9.97. The molecular formula is C27H43ClFN3O6. The summed E-state index contributed by atoms with van der Waals surface area (Å²) in [5.74, 6) is -1.26. The zero-order valence-corrected chi connectivity index (χ0v) is 23.4. The van der Waals surface area contributed by atoms with Crippen LogP contribution in [0.15, 0.2) is 17.1 Å². The van der Waals surface area contributed by atoms with Gasteiger partial charge in [-0.25, -0.2) is 9.18 Å². The molecule has 0 unspecified atom stereocenters. The number of alkyl halides is 2. The standard InChI is InChI=1S/C27H43ClFN3O6/c1-3-5-7-9-11-13-22(33)36-19-27(18-28)25(37-23(34)14-12-10-8-6-4-2)24(29)20(38-27)17-32-16-15-21(30)31-26(32)35/h15-16,20,24-25H,3-14,17-19H2,1-2H3,(H2,30,31,35)/t20-,24-,25-,27+/m0/s1. The van der Waals surface area contributed by atoms with E-state index in [1.54, 1.807) is 0 Å². The monoisotopic (exact) mass is 559 g/mol. The first-order valence-corrected chi connectivity index (χ1v) is 14.4. The molecule has 0 saturated carbocycles. The van der Waals surface area contributed by atoms with Gasteiger partial charge < -0.3 is 19.9 Å². The Labute approximate surface area is 229 Å². The zero-order chi connectivity index (χ0) is 28.0. The Balaban J connectivity index is 2.10. The molecule has 1 fully saturated rings. The van der Waals surface area contributed by atoms with Gasteiger partial charge in [-0.2, -0.15) is 4.98 Å². The smallest absolute Gasteiger partial charge is 0.349 e. The summed E-state index contributed by atoms with van der Waals surface area (Å²) in [6.45, 7) is 3.64. The highest BCUT2D eigenvalue weighted by Crippen LogP contribution is 2.38. The molecule has 2 heterocycles. The first-order valence-electron chi connectivity index (χ1n) is 13.8. The average molecular weight is 560 g/mol. The van der Waals surface area contributed by atoms with Gasteiger partial charge in [0.25, 0.3) is 0 Å². The minimum Gasteiger partial charge on any atom is -0.462 e. The predicted molar refractivity (Wildman–Crippen MR) is 144 cm³/mol. The molecule has 2 N–H and O–H groups in total. The second kappa shape index (κ2) is 16.7. The first kappa shape index (κ1) is 32.0. The number of hydrogen-bond acceptors (Lipinski definition) is 8. The van der Waals surface area contributed by atoms with Gasteiger partial charge in [-0.1, -0.05) is 65.2 Å². The molecular weight excluding hydrogens is 517 g/mol. The van der Waals surface area contributed by atoms with Crippen molar-refractivity contribution in [3.05, 3.63) is 22.7 Å². The molecule has 1 aliphatic rings. The lowest BCUT2D eigenvalue weighted by Gasteiger charge is -2.31. The number of nitrogen functional groups attached to an aromatic ring is 1. The van der Waals surface area contributed by atoms with E-state index in [9.17, 15) is 14.4 Å². The van der Waals surface area contributed by atoms with Crippen LogP contribution < -0.4 is 11.4 Å². The van der Waals surface area contributed by atoms with E-state index >= 15 is 4.39 Å². The van der Waals surface area contributed by atoms with Gasteiger partial charge in [0, 0.05) is 19.0 Å². The highest BCUT2D eigenvalue weighted by Gasteiger charge is 2.58. The van der Waals surface area contributed by atoms with Gasteiger partial charge in [-0.05, 0) is 18.9 Å². The van der Waals surface area contributed by atoms with Crippen molar-refractivity contribution in [2.24, 2.45) is 0 Å². The van der Waals surface area contributed by atoms with E-state index in [0.717, 1.165) is 55.9 Å². The summed E-state index contributed by atoms with van der Waals surface area (Å²) in [7, 11) is 0. The van der Waals surface area contributed by atoms with Crippen LogP contribution in [0, 0.1) is 0 Å². The van der Waals surface area contributed by atoms with E-state index < -0.39 is 41.6 Å². The number of halogens is 2. The van der Waals surface area contributed by atoms with E-state index in [1.807, 2.05) is 0 Å². The molecule has 2 rings (SSSR count). The van der Waals surface area contributed by atoms with Crippen molar-refractivity contribution in [3.63, 3.8) is 0 Å². The molecule has 4 atom stereocenters. The fourth-order valence-corrected chi connectivity index (χ4v) is 4.78. The summed E-state index contributed by atoms with van der Waals surface area (Å²) in [6.07, 6.45) is 6.86. The Bertz CT molecular complexity index is 932. The number of nitrogens with two attached hydrogens (primary N) is 1. The maximum atomic E-state index is 15.8. The molecule has 11 heteroatoms. The average Bonchev–Trinajstić information content (AvgIpc) is 3.15. The summed E-state index contributed by atoms with van der Waals surface area (Å²) in [6, 6.07) is 1.41. The molecule has 1 saturated heterocycles. The number of carbonyl (C=O) groups excluding carboxylic acids is 2. The normalized spacial score (nSPS) is 22.9. The minimum absolute atomic E-state index is 0.0397. The van der Waals surface area contributed by atoms with E-state index in [1.165, 1.54) is 12.3 Å². The zero-order valence-electron chi connectivity index (χ0n) is 22.7. The van der Waals surface area contributed by atoms with Crippen molar-refractivity contribution in [1.29, 1.82) is 0 Å². The minimum atomic E-state index is -1.81. The van der Waals surface area contributed by atoms with Crippen LogP contribution in [0.5, 0.6) is 0 Å². The lowest BCUT2D eigenvalue weighted by Crippen LogP contribution is -2.50. The van der Waals surface area contributed by atoms with Gasteiger partial charge in [-0.3, -0.25) is 14.2 Å². The molecule has 0 aliphatic carbocycles. The number of hydrogen-bond donors (Lipinski definition) is 1. The first-order chi connectivity index (χ1) is 18.3. The number of rotatable bonds is 18. The number of esters is 2. The number of carbonyl (C=O) groups is 2. The maximum absolute atomic E-state index is 15.8. The summed E-state index contributed by atoms with van der Waals surface area (Å²) in [4.78, 5) is 40.9. The number of anilines is 1. The Morgan fingerprint density at radius 2 is 1.68 bits per heavy atom. The molecule has 0 spiro atoms. The van der Waals surface area contributed by atoms with Crippen molar-refractivity contribution < 1.29 is 28.2 Å². The van der Waals surface area contributed by atoms with E-state index in [-0.39, 0.29) is 37.7 Å². The molecule has 0 aromatic carbocycles. The van der Waals surface area contributed by atoms with Crippen LogP contribution in [0.25, 0.3) is 0 Å². The second-order valence-electron chi connectivity index (χ2n) is 9.99. The molecule has 38 heavy (non-hydrogen) atoms. The van der Waals surface area contributed by atoms with Crippen LogP contribution in [-0.2, 0) is 30.3 Å². The van der Waals surface area contributed by atoms with Crippen LogP contribution in [0.2, 0.25) is 0 Å². The Kier molecular flexibility index (Phi) is 14.1. The molecule has 1 aromatic heterocycles. The third-order valence-electron chi connectivity index (χ3n) is 6.75. The summed E-state index contributed by atoms with van der Waals surface area (Å²) in [5.41, 5.74) is 3.29. The van der Waals surface area contributed by atoms with Gasteiger partial charge in [-0.15, -0.1) is 11.6 Å². The van der Waals surface area contributed by atoms with Crippen LogP contribution >= 0.6 is 11.6 Å². The van der Waals surface area contributed by atoms with Crippen LogP contribution in [0.3, 0.4) is 0 Å². The number of aromatic nitrogens is 2. The van der Waals surface area contributed by atoms with E-state index in [2.05, 4.69) is 18.8 Å². The van der Waals surface area contributed by atoms with Crippen LogP contribution in [-0.4, -0.2) is 58.0 Å². The van der Waals surface area contributed by atoms with Gasteiger partial charge in [0.1, 0.15) is 18.5 Å². The molecule has 9 nitrogen and oxygen atoms in total. The highest BCUT2D eigenvalue weighted by molar-refractivity contribution is 6.18. The quantitative estimate of drug-likeness (QED) is 0.156. The van der Waals surface area contributed by atoms with Crippen LogP contribution in [0.1, 0.15) is 90.9 Å². The number of ether oxygens (including phenoxy) is 3. The van der Waals surface area contributed by atoms with Gasteiger partial charge in [0.05, 0.1) is 12.4 Å². The topological polar surface area (TPSA) is 123 Å². The second-order valence-corrected chi connectivity index (χ2v) is 10.3. The molecule has 1 aromatic rings. The van der Waals surface area contributed by atoms with Gasteiger partial charge >= 0.3 is 17.6 Å². The van der Waals surface area contributed by atoms with Crippen molar-refractivity contribution >= 4 is 29.4 Å². The largest absolute Gasteiger partial charge is 0.462 e.